The molecule has 0 spiro atoms. The largest absolute Gasteiger partial charge is 0.306 e. The Morgan fingerprint density at radius 1 is 1.00 bits per heavy atom. The van der Waals surface area contributed by atoms with Gasteiger partial charge in [-0.2, -0.15) is 0 Å². The molecule has 1 nitrogen and oxygen atoms in total. The number of nitrogens with one attached hydrogen (secondary N) is 1. The molecule has 2 rings (SSSR count). The molecule has 0 heterocycles. The zero-order valence-electron chi connectivity index (χ0n) is 11.2. The van der Waals surface area contributed by atoms with Gasteiger partial charge in [0.15, 0.2) is 0 Å². The van der Waals surface area contributed by atoms with E-state index >= 15 is 0 Å². The van der Waals surface area contributed by atoms with Gasteiger partial charge in [0, 0.05) is 13.4 Å². The molecule has 106 valence electrons. The van der Waals surface area contributed by atoms with Crippen LogP contribution in [0.25, 0.3) is 0 Å². The molecule has 0 saturated heterocycles. The van der Waals surface area contributed by atoms with Gasteiger partial charge in [0.05, 0.1) is 6.04 Å². The first-order valence-electron chi connectivity index (χ1n) is 6.55. The normalized spacial score (nSPS) is 12.4. The minimum atomic E-state index is 0.180. The predicted octanol–water partition coefficient (Wildman–Crippen LogP) is 6.06. The summed E-state index contributed by atoms with van der Waals surface area (Å²) in [5.41, 5.74) is 2.50. The van der Waals surface area contributed by atoms with E-state index in [4.69, 9.17) is 0 Å². The second kappa shape index (κ2) is 7.74. The first-order chi connectivity index (χ1) is 9.61. The van der Waals surface area contributed by atoms with Crippen LogP contribution < -0.4 is 5.32 Å². The molecule has 1 N–H and O–H groups in total. The van der Waals surface area contributed by atoms with Crippen molar-refractivity contribution in [2.24, 2.45) is 0 Å². The van der Waals surface area contributed by atoms with Crippen molar-refractivity contribution in [2.75, 3.05) is 6.54 Å². The van der Waals surface area contributed by atoms with Crippen LogP contribution in [-0.4, -0.2) is 6.54 Å². The van der Waals surface area contributed by atoms with E-state index in [9.17, 15) is 0 Å². The van der Waals surface area contributed by atoms with E-state index in [1.165, 1.54) is 11.1 Å². The Kier molecular flexibility index (Phi) is 6.27. The highest BCUT2D eigenvalue weighted by Gasteiger charge is 2.16. The first-order valence-corrected chi connectivity index (χ1v) is 8.93. The average molecular weight is 462 g/mol. The Labute approximate surface area is 145 Å². The molecule has 0 radical (unpaired) electrons. The minimum absolute atomic E-state index is 0.180. The van der Waals surface area contributed by atoms with Crippen molar-refractivity contribution in [3.63, 3.8) is 0 Å². The molecule has 0 fully saturated rings. The Morgan fingerprint density at radius 2 is 1.75 bits per heavy atom. The molecule has 0 bridgehead atoms. The van der Waals surface area contributed by atoms with Crippen LogP contribution in [0.3, 0.4) is 0 Å². The number of hydrogen-bond acceptors (Lipinski definition) is 1. The van der Waals surface area contributed by atoms with Gasteiger partial charge in [-0.3, -0.25) is 0 Å². The number of rotatable bonds is 5. The molecule has 0 aromatic heterocycles. The SMILES string of the molecule is CCCNC(c1cccc(Br)c1)c1cc(Br)ccc1Br. The van der Waals surface area contributed by atoms with E-state index < -0.39 is 0 Å². The van der Waals surface area contributed by atoms with Gasteiger partial charge >= 0.3 is 0 Å². The molecular formula is C16H16Br3N. The maximum atomic E-state index is 3.67. The van der Waals surface area contributed by atoms with Crippen LogP contribution in [0.4, 0.5) is 0 Å². The summed E-state index contributed by atoms with van der Waals surface area (Å²) >= 11 is 10.8. The third kappa shape index (κ3) is 4.17. The lowest BCUT2D eigenvalue weighted by atomic mass is 9.98. The maximum Gasteiger partial charge on any atom is 0.0588 e. The maximum absolute atomic E-state index is 3.67. The van der Waals surface area contributed by atoms with E-state index in [2.05, 4.69) is 96.4 Å². The summed E-state index contributed by atoms with van der Waals surface area (Å²) in [6, 6.07) is 14.9. The lowest BCUT2D eigenvalue weighted by Gasteiger charge is -2.21. The standard InChI is InChI=1S/C16H16Br3N/c1-2-8-20-16(11-4-3-5-12(17)9-11)14-10-13(18)6-7-15(14)19/h3-7,9-10,16,20H,2,8H2,1H3. The topological polar surface area (TPSA) is 12.0 Å². The minimum Gasteiger partial charge on any atom is -0.306 e. The van der Waals surface area contributed by atoms with Crippen molar-refractivity contribution in [3.05, 3.63) is 67.0 Å². The van der Waals surface area contributed by atoms with Gasteiger partial charge in [-0.15, -0.1) is 0 Å². The van der Waals surface area contributed by atoms with Crippen molar-refractivity contribution >= 4 is 47.8 Å². The highest BCUT2D eigenvalue weighted by atomic mass is 79.9. The average Bonchev–Trinajstić information content (AvgIpc) is 2.43. The predicted molar refractivity (Wildman–Crippen MR) is 96.1 cm³/mol. The zero-order valence-corrected chi connectivity index (χ0v) is 15.9. The Hall–Kier alpha value is -0.160. The van der Waals surface area contributed by atoms with Crippen LogP contribution in [0.15, 0.2) is 55.9 Å². The highest BCUT2D eigenvalue weighted by Crippen LogP contribution is 2.32. The molecule has 0 saturated carbocycles. The third-order valence-electron chi connectivity index (χ3n) is 3.05. The van der Waals surface area contributed by atoms with Gasteiger partial charge in [-0.05, 0) is 54.4 Å². The van der Waals surface area contributed by atoms with Crippen LogP contribution in [0.5, 0.6) is 0 Å². The number of halogens is 3. The Morgan fingerprint density at radius 3 is 2.45 bits per heavy atom. The van der Waals surface area contributed by atoms with Crippen molar-refractivity contribution in [3.8, 4) is 0 Å². The van der Waals surface area contributed by atoms with Crippen LogP contribution in [0, 0.1) is 0 Å². The second-order valence-electron chi connectivity index (χ2n) is 4.61. The molecule has 0 aliphatic carbocycles. The van der Waals surface area contributed by atoms with Crippen LogP contribution >= 0.6 is 47.8 Å². The van der Waals surface area contributed by atoms with Crippen LogP contribution in [0.1, 0.15) is 30.5 Å². The third-order valence-corrected chi connectivity index (χ3v) is 4.76. The van der Waals surface area contributed by atoms with E-state index in [1.54, 1.807) is 0 Å². The fourth-order valence-corrected chi connectivity index (χ4v) is 3.39. The van der Waals surface area contributed by atoms with E-state index in [0.717, 1.165) is 26.4 Å². The Bertz CT molecular complexity index is 584. The first kappa shape index (κ1) is 16.2. The molecule has 2 aromatic carbocycles. The monoisotopic (exact) mass is 459 g/mol. The lowest BCUT2D eigenvalue weighted by molar-refractivity contribution is 0.596. The molecule has 4 heteroatoms. The molecular weight excluding hydrogens is 446 g/mol. The molecule has 0 amide bonds. The Balaban J connectivity index is 2.44. The van der Waals surface area contributed by atoms with Gasteiger partial charge in [0.1, 0.15) is 0 Å². The number of benzene rings is 2. The molecule has 1 atom stereocenters. The van der Waals surface area contributed by atoms with Gasteiger partial charge in [-0.25, -0.2) is 0 Å². The van der Waals surface area contributed by atoms with Gasteiger partial charge < -0.3 is 5.32 Å². The molecule has 0 aliphatic heterocycles. The fraction of sp³-hybridized carbons (Fsp3) is 0.250. The summed E-state index contributed by atoms with van der Waals surface area (Å²) in [5.74, 6) is 0. The quantitative estimate of drug-likeness (QED) is 0.570. The molecule has 20 heavy (non-hydrogen) atoms. The van der Waals surface area contributed by atoms with E-state index in [1.807, 2.05) is 6.07 Å². The summed E-state index contributed by atoms with van der Waals surface area (Å²) in [4.78, 5) is 0. The summed E-state index contributed by atoms with van der Waals surface area (Å²) < 4.78 is 3.31. The summed E-state index contributed by atoms with van der Waals surface area (Å²) in [6.45, 7) is 3.16. The number of hydrogen-bond donors (Lipinski definition) is 1. The van der Waals surface area contributed by atoms with Crippen molar-refractivity contribution in [1.29, 1.82) is 0 Å². The van der Waals surface area contributed by atoms with Gasteiger partial charge in [0.25, 0.3) is 0 Å². The summed E-state index contributed by atoms with van der Waals surface area (Å²) in [6.07, 6.45) is 1.11. The van der Waals surface area contributed by atoms with Crippen LogP contribution in [0.2, 0.25) is 0 Å². The smallest absolute Gasteiger partial charge is 0.0588 e. The van der Waals surface area contributed by atoms with Crippen molar-refractivity contribution in [1.82, 2.24) is 5.32 Å². The molecule has 0 aliphatic rings. The molecule has 2 aromatic rings. The second-order valence-corrected chi connectivity index (χ2v) is 7.29. The highest BCUT2D eigenvalue weighted by molar-refractivity contribution is 9.11. The van der Waals surface area contributed by atoms with Gasteiger partial charge in [-0.1, -0.05) is 66.8 Å². The van der Waals surface area contributed by atoms with E-state index in [-0.39, 0.29) is 6.04 Å². The van der Waals surface area contributed by atoms with Crippen LogP contribution in [-0.2, 0) is 0 Å². The van der Waals surface area contributed by atoms with Crippen molar-refractivity contribution in [2.45, 2.75) is 19.4 Å². The summed E-state index contributed by atoms with van der Waals surface area (Å²) in [7, 11) is 0. The fourth-order valence-electron chi connectivity index (χ4n) is 2.12. The van der Waals surface area contributed by atoms with Gasteiger partial charge in [0.2, 0.25) is 0 Å². The zero-order chi connectivity index (χ0) is 14.5. The van der Waals surface area contributed by atoms with E-state index in [0.29, 0.717) is 0 Å². The lowest BCUT2D eigenvalue weighted by Crippen LogP contribution is -2.23. The molecule has 1 unspecified atom stereocenters. The summed E-state index contributed by atoms with van der Waals surface area (Å²) in [5, 5.41) is 3.63. The van der Waals surface area contributed by atoms with Crippen molar-refractivity contribution < 1.29 is 0 Å².